The lowest BCUT2D eigenvalue weighted by atomic mass is 9.98. The molecular formula is C17H19BrN2OS. The summed E-state index contributed by atoms with van der Waals surface area (Å²) >= 11 is 5.01. The van der Waals surface area contributed by atoms with E-state index in [9.17, 15) is 4.79 Å². The molecule has 1 aromatic carbocycles. The first-order chi connectivity index (χ1) is 10.4. The van der Waals surface area contributed by atoms with Crippen molar-refractivity contribution >= 4 is 38.9 Å². The van der Waals surface area contributed by atoms with Gasteiger partial charge in [0.05, 0.1) is 11.2 Å². The molecule has 3 rings (SSSR count). The van der Waals surface area contributed by atoms with Gasteiger partial charge in [0.25, 0.3) is 5.91 Å². The highest BCUT2D eigenvalue weighted by molar-refractivity contribution is 9.10. The van der Waals surface area contributed by atoms with Crippen LogP contribution in [0, 0.1) is 0 Å². The molecule has 5 heteroatoms. The van der Waals surface area contributed by atoms with E-state index in [0.29, 0.717) is 0 Å². The standard InChI is InChI=1S/C17H19BrN2OS/c1-17(2,3)16-19-10-14(22-16)15(21)20-8-4-5-11-9-12(18)6-7-13(11)20/h6-7,9-10H,4-5,8H2,1-3H3. The molecule has 1 aliphatic heterocycles. The minimum Gasteiger partial charge on any atom is -0.307 e. The molecule has 0 spiro atoms. The number of amides is 1. The number of fused-ring (bicyclic) bond motifs is 1. The maximum Gasteiger partial charge on any atom is 0.269 e. The van der Waals surface area contributed by atoms with Gasteiger partial charge in [-0.2, -0.15) is 0 Å². The number of anilines is 1. The van der Waals surface area contributed by atoms with Crippen molar-refractivity contribution in [3.05, 3.63) is 44.3 Å². The van der Waals surface area contributed by atoms with Gasteiger partial charge in [0, 0.05) is 22.1 Å². The summed E-state index contributed by atoms with van der Waals surface area (Å²) < 4.78 is 1.06. The average Bonchev–Trinajstić information content (AvgIpc) is 2.95. The maximum absolute atomic E-state index is 12.9. The number of rotatable bonds is 1. The van der Waals surface area contributed by atoms with Crippen molar-refractivity contribution in [3.8, 4) is 0 Å². The summed E-state index contributed by atoms with van der Waals surface area (Å²) in [6.07, 6.45) is 3.75. The number of carbonyl (C=O) groups is 1. The Morgan fingerprint density at radius 1 is 1.36 bits per heavy atom. The molecule has 1 amide bonds. The molecule has 116 valence electrons. The molecule has 0 atom stereocenters. The first-order valence-corrected chi connectivity index (χ1v) is 9.04. The van der Waals surface area contributed by atoms with E-state index >= 15 is 0 Å². The van der Waals surface area contributed by atoms with Crippen LogP contribution in [0.1, 0.15) is 47.4 Å². The number of hydrogen-bond donors (Lipinski definition) is 0. The van der Waals surface area contributed by atoms with E-state index in [2.05, 4.69) is 47.8 Å². The molecule has 2 aromatic rings. The van der Waals surface area contributed by atoms with E-state index in [-0.39, 0.29) is 11.3 Å². The summed E-state index contributed by atoms with van der Waals surface area (Å²) in [5.41, 5.74) is 2.24. The predicted molar refractivity (Wildman–Crippen MR) is 95.0 cm³/mol. The summed E-state index contributed by atoms with van der Waals surface area (Å²) in [6, 6.07) is 6.14. The number of carbonyl (C=O) groups excluding carboxylic acids is 1. The quantitative estimate of drug-likeness (QED) is 0.713. The second-order valence-electron chi connectivity index (χ2n) is 6.61. The van der Waals surface area contributed by atoms with Crippen LogP contribution in [-0.2, 0) is 11.8 Å². The fourth-order valence-corrected chi connectivity index (χ4v) is 3.96. The Morgan fingerprint density at radius 3 is 2.82 bits per heavy atom. The van der Waals surface area contributed by atoms with E-state index < -0.39 is 0 Å². The van der Waals surface area contributed by atoms with Gasteiger partial charge in [-0.25, -0.2) is 4.98 Å². The van der Waals surface area contributed by atoms with E-state index in [4.69, 9.17) is 0 Å². The summed E-state index contributed by atoms with van der Waals surface area (Å²) in [5.74, 6) is 0.0660. The van der Waals surface area contributed by atoms with Crippen LogP contribution < -0.4 is 4.90 Å². The van der Waals surface area contributed by atoms with E-state index in [1.807, 2.05) is 17.0 Å². The van der Waals surface area contributed by atoms with Crippen LogP contribution in [0.5, 0.6) is 0 Å². The molecule has 0 saturated carbocycles. The van der Waals surface area contributed by atoms with Crippen molar-refractivity contribution < 1.29 is 4.79 Å². The van der Waals surface area contributed by atoms with E-state index in [1.165, 1.54) is 16.9 Å². The number of aryl methyl sites for hydroxylation is 1. The van der Waals surface area contributed by atoms with Crippen LogP contribution in [-0.4, -0.2) is 17.4 Å². The zero-order valence-electron chi connectivity index (χ0n) is 13.0. The second-order valence-corrected chi connectivity index (χ2v) is 8.56. The molecule has 0 radical (unpaired) electrons. The maximum atomic E-state index is 12.9. The van der Waals surface area contributed by atoms with Gasteiger partial charge in [0.15, 0.2) is 0 Å². The fraction of sp³-hybridized carbons (Fsp3) is 0.412. The molecule has 0 aliphatic carbocycles. The van der Waals surface area contributed by atoms with Crippen LogP contribution in [0.2, 0.25) is 0 Å². The highest BCUT2D eigenvalue weighted by Crippen LogP contribution is 2.33. The van der Waals surface area contributed by atoms with E-state index in [1.54, 1.807) is 6.20 Å². The number of hydrogen-bond acceptors (Lipinski definition) is 3. The molecule has 22 heavy (non-hydrogen) atoms. The first kappa shape index (κ1) is 15.7. The van der Waals surface area contributed by atoms with Gasteiger partial charge in [-0.05, 0) is 36.6 Å². The van der Waals surface area contributed by atoms with Gasteiger partial charge >= 0.3 is 0 Å². The van der Waals surface area contributed by atoms with Gasteiger partial charge in [0.2, 0.25) is 0 Å². The lowest BCUT2D eigenvalue weighted by molar-refractivity contribution is 0.0989. The topological polar surface area (TPSA) is 33.2 Å². The Kier molecular flexibility index (Phi) is 4.12. The monoisotopic (exact) mass is 378 g/mol. The second kappa shape index (κ2) is 5.78. The van der Waals surface area contributed by atoms with Crippen LogP contribution in [0.15, 0.2) is 28.9 Å². The molecule has 0 bridgehead atoms. The Bertz CT molecular complexity index is 718. The molecule has 2 heterocycles. The lowest BCUT2D eigenvalue weighted by Gasteiger charge is -2.29. The molecule has 0 fully saturated rings. The zero-order valence-corrected chi connectivity index (χ0v) is 15.4. The molecular weight excluding hydrogens is 360 g/mol. The lowest BCUT2D eigenvalue weighted by Crippen LogP contribution is -2.35. The molecule has 1 aliphatic rings. The first-order valence-electron chi connectivity index (χ1n) is 7.43. The average molecular weight is 379 g/mol. The van der Waals surface area contributed by atoms with Gasteiger partial charge < -0.3 is 4.90 Å². The minimum absolute atomic E-state index is 0.0200. The molecule has 0 saturated heterocycles. The largest absolute Gasteiger partial charge is 0.307 e. The summed E-state index contributed by atoms with van der Waals surface area (Å²) in [7, 11) is 0. The normalized spacial score (nSPS) is 14.8. The Balaban J connectivity index is 1.92. The molecule has 3 nitrogen and oxygen atoms in total. The summed E-state index contributed by atoms with van der Waals surface area (Å²) in [6.45, 7) is 7.13. The van der Waals surface area contributed by atoms with E-state index in [0.717, 1.165) is 39.4 Å². The van der Waals surface area contributed by atoms with Crippen molar-refractivity contribution in [2.75, 3.05) is 11.4 Å². The van der Waals surface area contributed by atoms with Crippen molar-refractivity contribution in [2.24, 2.45) is 0 Å². The van der Waals surface area contributed by atoms with Gasteiger partial charge in [-0.1, -0.05) is 36.7 Å². The van der Waals surface area contributed by atoms with Crippen molar-refractivity contribution in [1.29, 1.82) is 0 Å². The minimum atomic E-state index is -0.0200. The molecule has 0 N–H and O–H groups in total. The van der Waals surface area contributed by atoms with Crippen molar-refractivity contribution in [3.63, 3.8) is 0 Å². The van der Waals surface area contributed by atoms with Gasteiger partial charge in [0.1, 0.15) is 4.88 Å². The number of halogens is 1. The zero-order chi connectivity index (χ0) is 15.9. The fourth-order valence-electron chi connectivity index (χ4n) is 2.63. The molecule has 0 unspecified atom stereocenters. The summed E-state index contributed by atoms with van der Waals surface area (Å²) in [5, 5.41) is 1.00. The van der Waals surface area contributed by atoms with Crippen LogP contribution in [0.3, 0.4) is 0 Å². The number of thiazole rings is 1. The number of aromatic nitrogens is 1. The third-order valence-electron chi connectivity index (χ3n) is 3.76. The van der Waals surface area contributed by atoms with Crippen LogP contribution in [0.25, 0.3) is 0 Å². The third kappa shape index (κ3) is 2.97. The SMILES string of the molecule is CC(C)(C)c1ncc(C(=O)N2CCCc3cc(Br)ccc32)s1. The van der Waals surface area contributed by atoms with Gasteiger partial charge in [-0.15, -0.1) is 11.3 Å². The highest BCUT2D eigenvalue weighted by Gasteiger charge is 2.27. The number of nitrogens with zero attached hydrogens (tertiary/aromatic N) is 2. The van der Waals surface area contributed by atoms with Crippen LogP contribution >= 0.6 is 27.3 Å². The number of benzene rings is 1. The summed E-state index contributed by atoms with van der Waals surface area (Å²) in [4.78, 5) is 19.9. The predicted octanol–water partition coefficient (Wildman–Crippen LogP) is 4.80. The Morgan fingerprint density at radius 2 is 2.14 bits per heavy atom. The third-order valence-corrected chi connectivity index (χ3v) is 5.67. The molecule has 1 aromatic heterocycles. The van der Waals surface area contributed by atoms with Crippen LogP contribution in [0.4, 0.5) is 5.69 Å². The Labute approximate surface area is 143 Å². The van der Waals surface area contributed by atoms with Gasteiger partial charge in [-0.3, -0.25) is 4.79 Å². The van der Waals surface area contributed by atoms with Crippen molar-refractivity contribution in [2.45, 2.75) is 39.0 Å². The Hall–Kier alpha value is -1.20. The smallest absolute Gasteiger partial charge is 0.269 e. The highest BCUT2D eigenvalue weighted by atomic mass is 79.9. The van der Waals surface area contributed by atoms with Crippen molar-refractivity contribution in [1.82, 2.24) is 4.98 Å².